The van der Waals surface area contributed by atoms with Gasteiger partial charge in [0.2, 0.25) is 25.9 Å². The zero-order valence-electron chi connectivity index (χ0n) is 36.3. The number of hydrogen-bond donors (Lipinski definition) is 1. The second-order valence-electron chi connectivity index (χ2n) is 15.9. The molecule has 4 aromatic carbocycles. The molecule has 0 saturated carbocycles. The molecule has 7 rings (SSSR count). The number of Topliss-reactive ketones (excluding diaryl/α,β-unsaturated/α-hetero) is 1. The summed E-state index contributed by atoms with van der Waals surface area (Å²) in [6, 6.07) is 31.9. The van der Waals surface area contributed by atoms with Gasteiger partial charge in [-0.05, 0) is 61.6 Å². The first-order chi connectivity index (χ1) is 30.7. The first-order valence-electron chi connectivity index (χ1n) is 21.2. The number of alkyl halides is 2. The van der Waals surface area contributed by atoms with Crippen molar-refractivity contribution in [3.05, 3.63) is 132 Å². The Morgan fingerprint density at radius 2 is 1.06 bits per heavy atom. The fraction of sp³-hybridized carbons (Fsp3) is 0.400. The number of carbonyl (C=O) groups is 1. The number of piperazine rings is 2. The molecule has 15 nitrogen and oxygen atoms in total. The number of para-hydroxylation sites is 2. The Kier molecular flexibility index (Phi) is 17.1. The highest BCUT2D eigenvalue weighted by Crippen LogP contribution is 2.26. The van der Waals surface area contributed by atoms with Crippen molar-refractivity contribution in [2.45, 2.75) is 19.5 Å². The van der Waals surface area contributed by atoms with Crippen molar-refractivity contribution >= 4 is 37.2 Å². The molecule has 0 unspecified atom stereocenters. The highest BCUT2D eigenvalue weighted by Gasteiger charge is 2.27. The molecule has 2 fully saturated rings. The second-order valence-corrected chi connectivity index (χ2v) is 19.9. The highest BCUT2D eigenvalue weighted by atomic mass is 32.2. The molecule has 0 aliphatic carbocycles. The van der Waals surface area contributed by atoms with Gasteiger partial charge in [-0.3, -0.25) is 23.2 Å². The summed E-state index contributed by atoms with van der Waals surface area (Å²) < 4.78 is 86.6. The lowest BCUT2D eigenvalue weighted by molar-refractivity contribution is 0.100. The number of aromatic nitrogens is 2. The van der Waals surface area contributed by atoms with Crippen molar-refractivity contribution < 1.29 is 34.8 Å². The van der Waals surface area contributed by atoms with Crippen molar-refractivity contribution in [3.63, 3.8) is 0 Å². The van der Waals surface area contributed by atoms with E-state index in [9.17, 15) is 30.4 Å². The maximum atomic E-state index is 13.4. The molecule has 0 radical (unpaired) electrons. The molecule has 64 heavy (non-hydrogen) atoms. The maximum absolute atomic E-state index is 13.4. The number of sulfonamides is 2. The predicted octanol–water partition coefficient (Wildman–Crippen LogP) is 4.67. The average molecular weight is 922 g/mol. The van der Waals surface area contributed by atoms with Crippen molar-refractivity contribution in [1.82, 2.24) is 29.8 Å². The van der Waals surface area contributed by atoms with Gasteiger partial charge >= 0.3 is 6.43 Å². The van der Waals surface area contributed by atoms with Crippen LogP contribution in [0.15, 0.2) is 114 Å². The fourth-order valence-electron chi connectivity index (χ4n) is 7.18. The van der Waals surface area contributed by atoms with Crippen LogP contribution in [0.1, 0.15) is 33.8 Å². The van der Waals surface area contributed by atoms with E-state index in [2.05, 4.69) is 43.9 Å². The predicted molar refractivity (Wildman–Crippen MR) is 245 cm³/mol. The molecule has 3 heterocycles. The Morgan fingerprint density at radius 3 is 1.45 bits per heavy atom. The molecule has 5 aromatic rings. The van der Waals surface area contributed by atoms with Crippen molar-refractivity contribution in [1.29, 1.82) is 0 Å². The van der Waals surface area contributed by atoms with Crippen molar-refractivity contribution in [3.8, 4) is 11.5 Å². The Bertz CT molecular complexity index is 2430. The molecule has 2 aliphatic heterocycles. The van der Waals surface area contributed by atoms with Crippen LogP contribution >= 0.6 is 0 Å². The van der Waals surface area contributed by atoms with Crippen LogP contribution < -0.4 is 14.3 Å². The van der Waals surface area contributed by atoms with Gasteiger partial charge in [0, 0.05) is 76.6 Å². The highest BCUT2D eigenvalue weighted by molar-refractivity contribution is 7.93. The van der Waals surface area contributed by atoms with Crippen LogP contribution in [0.25, 0.3) is 11.5 Å². The van der Waals surface area contributed by atoms with E-state index in [1.165, 1.54) is 8.61 Å². The van der Waals surface area contributed by atoms with Crippen LogP contribution in [0.5, 0.6) is 0 Å². The number of rotatable bonds is 18. The Hall–Kier alpha value is -5.15. The molecule has 0 amide bonds. The summed E-state index contributed by atoms with van der Waals surface area (Å²) in [4.78, 5) is 20.6. The van der Waals surface area contributed by atoms with Gasteiger partial charge in [-0.25, -0.2) is 16.8 Å². The van der Waals surface area contributed by atoms with E-state index in [0.29, 0.717) is 35.6 Å². The van der Waals surface area contributed by atoms with Crippen molar-refractivity contribution in [2.75, 3.05) is 106 Å². The summed E-state index contributed by atoms with van der Waals surface area (Å²) in [5.41, 5.74) is 9.21. The number of likely N-dealkylation sites (N-methyl/N-ethyl adjacent to an activating group) is 2. The van der Waals surface area contributed by atoms with Gasteiger partial charge in [0.1, 0.15) is 0 Å². The van der Waals surface area contributed by atoms with E-state index in [-0.39, 0.29) is 42.8 Å². The minimum Gasteiger partial charge on any atom is -0.415 e. The van der Waals surface area contributed by atoms with E-state index in [0.717, 1.165) is 63.5 Å². The molecule has 19 heteroatoms. The molecular formula is C45H57F2N9O6S2. The van der Waals surface area contributed by atoms with Crippen LogP contribution in [0.2, 0.25) is 0 Å². The third-order valence-corrected chi connectivity index (χ3v) is 14.6. The van der Waals surface area contributed by atoms with Crippen molar-refractivity contribution in [2.24, 2.45) is 5.73 Å². The summed E-state index contributed by atoms with van der Waals surface area (Å²) in [6.45, 7) is 8.52. The SMILES string of the molecule is CN1CCN(CCS(=O)(=O)N(Cc2ccc(-c3nnc(C(F)F)o3)cc2)c2ccccc2)CC1.CN1CCN(CCS(=O)(=O)N(Cc2ccc(C(=O)CN)cc2)c2ccccc2)CC1. The monoisotopic (exact) mass is 921 g/mol. The number of halogens is 2. The first kappa shape index (κ1) is 48.3. The standard InChI is InChI=1S/C23H27F2N5O3S.C22H30N4O3S/c1-28-11-13-29(14-12-28)15-16-34(31,32)30(20-5-3-2-4-6-20)17-18-7-9-19(10-8-18)22-26-27-23(33-22)21(24)25;1-24-11-13-25(14-12-24)15-16-30(28,29)26(21-5-3-2-4-6-21)18-19-7-9-20(10-8-19)22(27)17-23/h2-10,21H,11-17H2,1H3;2-10H,11-18,23H2,1H3. The molecule has 2 aliphatic rings. The minimum atomic E-state index is -3.60. The molecule has 1 aromatic heterocycles. The van der Waals surface area contributed by atoms with Crippen LogP contribution in [0, 0.1) is 0 Å². The summed E-state index contributed by atoms with van der Waals surface area (Å²) in [6.07, 6.45) is -2.84. The largest absolute Gasteiger partial charge is 0.415 e. The quantitative estimate of drug-likeness (QED) is 0.121. The minimum absolute atomic E-state index is 0.0124. The maximum Gasteiger partial charge on any atom is 0.314 e. The summed E-state index contributed by atoms with van der Waals surface area (Å²) >= 11 is 0. The van der Waals surface area contributed by atoms with Gasteiger partial charge in [-0.2, -0.15) is 8.78 Å². The summed E-state index contributed by atoms with van der Waals surface area (Å²) in [5, 5.41) is 6.99. The summed E-state index contributed by atoms with van der Waals surface area (Å²) in [7, 11) is -2.98. The van der Waals surface area contributed by atoms with Gasteiger partial charge in [0.25, 0.3) is 5.89 Å². The topological polar surface area (TPSA) is 170 Å². The smallest absolute Gasteiger partial charge is 0.314 e. The van der Waals surface area contributed by atoms with Gasteiger partial charge in [0.15, 0.2) is 5.78 Å². The Morgan fingerprint density at radius 1 is 0.641 bits per heavy atom. The van der Waals surface area contributed by atoms with Gasteiger partial charge < -0.3 is 20.0 Å². The number of benzene rings is 4. The van der Waals surface area contributed by atoms with Crippen LogP contribution in [0.4, 0.5) is 20.2 Å². The number of carbonyl (C=O) groups excluding carboxylic acids is 1. The number of hydrogen-bond acceptors (Lipinski definition) is 13. The molecule has 0 spiro atoms. The molecule has 344 valence electrons. The molecule has 2 saturated heterocycles. The number of ketones is 1. The third-order valence-electron chi connectivity index (χ3n) is 11.2. The van der Waals surface area contributed by atoms with Gasteiger partial charge in [-0.1, -0.05) is 72.8 Å². The Balaban J connectivity index is 0.000000214. The lowest BCUT2D eigenvalue weighted by Crippen LogP contribution is -2.47. The molecule has 2 N–H and O–H groups in total. The van der Waals surface area contributed by atoms with Crippen LogP contribution in [-0.2, 0) is 33.1 Å². The van der Waals surface area contributed by atoms with E-state index in [1.807, 2.05) is 24.3 Å². The van der Waals surface area contributed by atoms with E-state index in [4.69, 9.17) is 10.2 Å². The van der Waals surface area contributed by atoms with Gasteiger partial charge in [-0.15, -0.1) is 10.2 Å². The fourth-order valence-corrected chi connectivity index (χ4v) is 10.2. The lowest BCUT2D eigenvalue weighted by atomic mass is 10.1. The van der Waals surface area contributed by atoms with E-state index >= 15 is 0 Å². The molecule has 0 atom stereocenters. The van der Waals surface area contributed by atoms with Gasteiger partial charge in [0.05, 0.1) is 42.5 Å². The third kappa shape index (κ3) is 13.7. The van der Waals surface area contributed by atoms with E-state index < -0.39 is 32.4 Å². The second kappa shape index (κ2) is 22.7. The molecular weight excluding hydrogens is 865 g/mol. The zero-order chi connectivity index (χ0) is 45.7. The first-order valence-corrected chi connectivity index (χ1v) is 24.4. The van der Waals surface area contributed by atoms with Crippen LogP contribution in [0.3, 0.4) is 0 Å². The normalized spacial score (nSPS) is 15.7. The molecule has 0 bridgehead atoms. The summed E-state index contributed by atoms with van der Waals surface area (Å²) in [5.74, 6) is -0.805. The number of anilines is 2. The number of nitrogens with two attached hydrogens (primary N) is 1. The zero-order valence-corrected chi connectivity index (χ0v) is 37.9. The van der Waals surface area contributed by atoms with E-state index in [1.54, 1.807) is 84.9 Å². The van der Waals surface area contributed by atoms with Crippen LogP contribution in [-0.4, -0.2) is 150 Å². The lowest BCUT2D eigenvalue weighted by Gasteiger charge is -2.33. The average Bonchev–Trinajstić information content (AvgIpc) is 3.82. The Labute approximate surface area is 375 Å². The number of nitrogens with zero attached hydrogens (tertiary/aromatic N) is 8.